The third-order valence-corrected chi connectivity index (χ3v) is 6.19. The van der Waals surface area contributed by atoms with Crippen molar-refractivity contribution in [1.29, 1.82) is 0 Å². The number of anilines is 1. The molecular weight excluding hydrogens is 393 g/mol. The third-order valence-electron chi connectivity index (χ3n) is 4.61. The molecule has 1 saturated carbocycles. The summed E-state index contributed by atoms with van der Waals surface area (Å²) in [6, 6.07) is 4.38. The highest BCUT2D eigenvalue weighted by molar-refractivity contribution is 7.13. The van der Waals surface area contributed by atoms with Gasteiger partial charge in [0.15, 0.2) is 0 Å². The molecule has 26 heavy (non-hydrogen) atoms. The molecule has 1 aromatic heterocycles. The van der Waals surface area contributed by atoms with Crippen molar-refractivity contribution in [2.75, 3.05) is 11.9 Å². The molecule has 1 aliphatic heterocycles. The molecule has 1 aliphatic carbocycles. The van der Waals surface area contributed by atoms with E-state index in [4.69, 9.17) is 23.2 Å². The Labute approximate surface area is 165 Å². The van der Waals surface area contributed by atoms with Crippen LogP contribution in [0, 0.1) is 0 Å². The maximum Gasteiger partial charge on any atom is 0.266 e. The van der Waals surface area contributed by atoms with Gasteiger partial charge in [-0.3, -0.25) is 9.59 Å². The number of hydrogen-bond acceptors (Lipinski definition) is 4. The molecule has 2 amide bonds. The molecule has 4 rings (SSSR count). The minimum Gasteiger partial charge on any atom is -0.326 e. The quantitative estimate of drug-likeness (QED) is 0.803. The number of thiazole rings is 1. The van der Waals surface area contributed by atoms with Gasteiger partial charge in [-0.25, -0.2) is 4.98 Å². The zero-order valence-electron chi connectivity index (χ0n) is 13.9. The Morgan fingerprint density at radius 1 is 1.15 bits per heavy atom. The van der Waals surface area contributed by atoms with Crippen molar-refractivity contribution in [3.05, 3.63) is 44.3 Å². The summed E-state index contributed by atoms with van der Waals surface area (Å²) in [6.07, 6.45) is 5.38. The molecule has 2 aromatic rings. The number of carbonyl (C=O) groups is 2. The Balaban J connectivity index is 1.47. The molecule has 0 spiro atoms. The van der Waals surface area contributed by atoms with Crippen molar-refractivity contribution in [3.63, 3.8) is 0 Å². The summed E-state index contributed by atoms with van der Waals surface area (Å²) >= 11 is 13.4. The van der Waals surface area contributed by atoms with Gasteiger partial charge in [-0.05, 0) is 43.9 Å². The standard InChI is InChI=1S/C18H17Cl2N3O2S/c19-11-6-12(20)8-13(7-11)22-16(24)14-2-1-5-23(14)18(25)15-9-21-17(26-15)10-3-4-10/h6-10,14H,1-5H2,(H,22,24). The number of likely N-dealkylation sites (tertiary alicyclic amines) is 1. The van der Waals surface area contributed by atoms with E-state index in [-0.39, 0.29) is 11.8 Å². The predicted molar refractivity (Wildman–Crippen MR) is 103 cm³/mol. The summed E-state index contributed by atoms with van der Waals surface area (Å²) in [4.78, 5) is 32.2. The van der Waals surface area contributed by atoms with Crippen molar-refractivity contribution in [2.24, 2.45) is 0 Å². The molecule has 0 radical (unpaired) electrons. The van der Waals surface area contributed by atoms with Crippen molar-refractivity contribution < 1.29 is 9.59 Å². The van der Waals surface area contributed by atoms with Crippen molar-refractivity contribution in [2.45, 2.75) is 37.6 Å². The molecular formula is C18H17Cl2N3O2S. The zero-order chi connectivity index (χ0) is 18.3. The van der Waals surface area contributed by atoms with E-state index in [2.05, 4.69) is 10.3 Å². The lowest BCUT2D eigenvalue weighted by Crippen LogP contribution is -2.43. The van der Waals surface area contributed by atoms with Crippen LogP contribution < -0.4 is 5.32 Å². The van der Waals surface area contributed by atoms with E-state index >= 15 is 0 Å². The fraction of sp³-hybridized carbons (Fsp3) is 0.389. The zero-order valence-corrected chi connectivity index (χ0v) is 16.2. The maximum absolute atomic E-state index is 12.9. The number of hydrogen-bond donors (Lipinski definition) is 1. The van der Waals surface area contributed by atoms with Gasteiger partial charge < -0.3 is 10.2 Å². The van der Waals surface area contributed by atoms with Gasteiger partial charge in [0.2, 0.25) is 5.91 Å². The van der Waals surface area contributed by atoms with Crippen molar-refractivity contribution >= 4 is 52.0 Å². The molecule has 2 heterocycles. The van der Waals surface area contributed by atoms with Crippen LogP contribution in [0.3, 0.4) is 0 Å². The average Bonchev–Trinajstić information content (AvgIpc) is 3.12. The maximum atomic E-state index is 12.9. The molecule has 0 bridgehead atoms. The summed E-state index contributed by atoms with van der Waals surface area (Å²) in [5.74, 6) is 0.184. The minimum atomic E-state index is -0.494. The van der Waals surface area contributed by atoms with Gasteiger partial charge in [0.05, 0.1) is 11.2 Å². The number of rotatable bonds is 4. The second-order valence-corrected chi connectivity index (χ2v) is 8.58. The Bertz CT molecular complexity index is 846. The van der Waals surface area contributed by atoms with E-state index < -0.39 is 6.04 Å². The van der Waals surface area contributed by atoms with Gasteiger partial charge >= 0.3 is 0 Å². The molecule has 1 aromatic carbocycles. The second-order valence-electron chi connectivity index (χ2n) is 6.64. The van der Waals surface area contributed by atoms with Gasteiger partial charge in [-0.2, -0.15) is 0 Å². The van der Waals surface area contributed by atoms with Gasteiger partial charge in [-0.1, -0.05) is 23.2 Å². The first kappa shape index (κ1) is 17.8. The lowest BCUT2D eigenvalue weighted by atomic mass is 10.2. The SMILES string of the molecule is O=C(Nc1cc(Cl)cc(Cl)c1)C1CCCN1C(=O)c1cnc(C2CC2)s1. The Morgan fingerprint density at radius 3 is 2.58 bits per heavy atom. The largest absolute Gasteiger partial charge is 0.326 e. The number of halogens is 2. The summed E-state index contributed by atoms with van der Waals surface area (Å²) in [5.41, 5.74) is 0.528. The van der Waals surface area contributed by atoms with Crippen LogP contribution in [0.4, 0.5) is 5.69 Å². The summed E-state index contributed by atoms with van der Waals surface area (Å²) in [6.45, 7) is 0.573. The van der Waals surface area contributed by atoms with Crippen LogP contribution in [-0.4, -0.2) is 34.3 Å². The summed E-state index contributed by atoms with van der Waals surface area (Å²) < 4.78 is 0. The van der Waals surface area contributed by atoms with Crippen molar-refractivity contribution in [3.8, 4) is 0 Å². The van der Waals surface area contributed by atoms with E-state index in [1.165, 1.54) is 11.3 Å². The van der Waals surface area contributed by atoms with Crippen molar-refractivity contribution in [1.82, 2.24) is 9.88 Å². The molecule has 8 heteroatoms. The number of nitrogens with one attached hydrogen (secondary N) is 1. The first-order valence-corrected chi connectivity index (χ1v) is 10.1. The van der Waals surface area contributed by atoms with Crippen LogP contribution in [0.25, 0.3) is 0 Å². The highest BCUT2D eigenvalue weighted by atomic mass is 35.5. The van der Waals surface area contributed by atoms with Gasteiger partial charge in [-0.15, -0.1) is 11.3 Å². The van der Waals surface area contributed by atoms with E-state index in [0.717, 1.165) is 24.3 Å². The summed E-state index contributed by atoms with van der Waals surface area (Å²) in [7, 11) is 0. The Morgan fingerprint density at radius 2 is 1.88 bits per heavy atom. The van der Waals surface area contributed by atoms with E-state index in [1.807, 2.05) is 0 Å². The van der Waals surface area contributed by atoms with Crippen LogP contribution in [0.2, 0.25) is 10.0 Å². The van der Waals surface area contributed by atoms with E-state index in [0.29, 0.717) is 39.5 Å². The fourth-order valence-corrected chi connectivity index (χ4v) is 4.75. The second kappa shape index (κ2) is 7.18. The van der Waals surface area contributed by atoms with E-state index in [9.17, 15) is 9.59 Å². The molecule has 5 nitrogen and oxygen atoms in total. The molecule has 2 aliphatic rings. The molecule has 1 saturated heterocycles. The minimum absolute atomic E-state index is 0.115. The molecule has 1 atom stereocenters. The highest BCUT2D eigenvalue weighted by Crippen LogP contribution is 2.42. The Hall–Kier alpha value is -1.63. The predicted octanol–water partition coefficient (Wildman–Crippen LogP) is 4.57. The summed E-state index contributed by atoms with van der Waals surface area (Å²) in [5, 5.41) is 4.75. The molecule has 1 N–H and O–H groups in total. The number of nitrogens with zero attached hydrogens (tertiary/aromatic N) is 2. The van der Waals surface area contributed by atoms with Crippen LogP contribution in [0.5, 0.6) is 0 Å². The number of aromatic nitrogens is 1. The smallest absolute Gasteiger partial charge is 0.266 e. The van der Waals surface area contributed by atoms with Crippen LogP contribution in [0.1, 0.15) is 46.3 Å². The van der Waals surface area contributed by atoms with Gasteiger partial charge in [0.1, 0.15) is 10.9 Å². The fourth-order valence-electron chi connectivity index (χ4n) is 3.18. The van der Waals surface area contributed by atoms with Gasteiger partial charge in [0, 0.05) is 28.2 Å². The number of carbonyl (C=O) groups excluding carboxylic acids is 2. The molecule has 2 fully saturated rings. The lowest BCUT2D eigenvalue weighted by Gasteiger charge is -2.23. The van der Waals surface area contributed by atoms with Gasteiger partial charge in [0.25, 0.3) is 5.91 Å². The topological polar surface area (TPSA) is 62.3 Å². The van der Waals surface area contributed by atoms with E-state index in [1.54, 1.807) is 29.3 Å². The van der Waals surface area contributed by atoms with Crippen LogP contribution in [0.15, 0.2) is 24.4 Å². The van der Waals surface area contributed by atoms with Crippen LogP contribution >= 0.6 is 34.5 Å². The monoisotopic (exact) mass is 409 g/mol. The molecule has 136 valence electrons. The molecule has 1 unspecified atom stereocenters. The third kappa shape index (κ3) is 3.72. The van der Waals surface area contributed by atoms with Crippen LogP contribution in [-0.2, 0) is 4.79 Å². The Kier molecular flexibility index (Phi) is 4.90. The normalized spacial score (nSPS) is 19.6. The average molecular weight is 410 g/mol. The first-order valence-electron chi connectivity index (χ1n) is 8.55. The first-order chi connectivity index (χ1) is 12.5. The number of benzene rings is 1. The number of amides is 2. The lowest BCUT2D eigenvalue weighted by molar-refractivity contribution is -0.119. The highest BCUT2D eigenvalue weighted by Gasteiger charge is 2.36.